The SMILES string of the molecule is C#CCOc1ccc(Br)cc1CNc1ccccc1. The molecule has 0 saturated carbocycles. The number of para-hydroxylation sites is 1. The molecule has 0 bridgehead atoms. The number of benzene rings is 2. The van der Waals surface area contributed by atoms with Crippen LogP contribution in [0, 0.1) is 12.3 Å². The van der Waals surface area contributed by atoms with Crippen LogP contribution in [0.2, 0.25) is 0 Å². The van der Waals surface area contributed by atoms with Gasteiger partial charge >= 0.3 is 0 Å². The van der Waals surface area contributed by atoms with Gasteiger partial charge in [-0.15, -0.1) is 6.42 Å². The average Bonchev–Trinajstić information content (AvgIpc) is 2.45. The van der Waals surface area contributed by atoms with E-state index in [0.29, 0.717) is 6.54 Å². The maximum atomic E-state index is 5.53. The molecule has 0 heterocycles. The van der Waals surface area contributed by atoms with Gasteiger partial charge in [-0.2, -0.15) is 0 Å². The van der Waals surface area contributed by atoms with Crippen LogP contribution in [0.1, 0.15) is 5.56 Å². The van der Waals surface area contributed by atoms with Gasteiger partial charge in [0.2, 0.25) is 0 Å². The van der Waals surface area contributed by atoms with Crippen LogP contribution in [0.25, 0.3) is 0 Å². The van der Waals surface area contributed by atoms with Crippen molar-refractivity contribution < 1.29 is 4.74 Å². The molecule has 0 amide bonds. The summed E-state index contributed by atoms with van der Waals surface area (Å²) in [5.41, 5.74) is 2.14. The van der Waals surface area contributed by atoms with E-state index in [4.69, 9.17) is 11.2 Å². The highest BCUT2D eigenvalue weighted by Gasteiger charge is 2.04. The quantitative estimate of drug-likeness (QED) is 0.840. The number of terminal acetylenes is 1. The third-order valence-electron chi connectivity index (χ3n) is 2.59. The van der Waals surface area contributed by atoms with Gasteiger partial charge < -0.3 is 10.1 Å². The highest BCUT2D eigenvalue weighted by atomic mass is 79.9. The van der Waals surface area contributed by atoms with Gasteiger partial charge in [0.15, 0.2) is 0 Å². The molecule has 0 saturated heterocycles. The van der Waals surface area contributed by atoms with Gasteiger partial charge in [0.25, 0.3) is 0 Å². The summed E-state index contributed by atoms with van der Waals surface area (Å²) < 4.78 is 6.55. The summed E-state index contributed by atoms with van der Waals surface area (Å²) in [4.78, 5) is 0. The first-order valence-electron chi connectivity index (χ1n) is 5.93. The number of hydrogen-bond acceptors (Lipinski definition) is 2. The number of ether oxygens (including phenoxy) is 1. The number of anilines is 1. The van der Waals surface area contributed by atoms with Gasteiger partial charge in [0.1, 0.15) is 12.4 Å². The van der Waals surface area contributed by atoms with E-state index in [9.17, 15) is 0 Å². The molecule has 0 fully saturated rings. The second kappa shape index (κ2) is 6.86. The van der Waals surface area contributed by atoms with Crippen molar-refractivity contribution in [1.29, 1.82) is 0 Å². The second-order valence-electron chi connectivity index (χ2n) is 3.96. The Labute approximate surface area is 121 Å². The summed E-state index contributed by atoms with van der Waals surface area (Å²) >= 11 is 3.47. The van der Waals surface area contributed by atoms with Crippen molar-refractivity contribution in [3.63, 3.8) is 0 Å². The van der Waals surface area contributed by atoms with Crippen molar-refractivity contribution >= 4 is 21.6 Å². The van der Waals surface area contributed by atoms with Crippen LogP contribution < -0.4 is 10.1 Å². The first-order valence-corrected chi connectivity index (χ1v) is 6.72. The molecule has 0 atom stereocenters. The average molecular weight is 316 g/mol. The molecule has 2 rings (SSSR count). The lowest BCUT2D eigenvalue weighted by molar-refractivity contribution is 0.366. The summed E-state index contributed by atoms with van der Waals surface area (Å²) in [6, 6.07) is 15.9. The van der Waals surface area contributed by atoms with Crippen LogP contribution >= 0.6 is 15.9 Å². The standard InChI is InChI=1S/C16H14BrNO/c1-2-10-19-16-9-8-14(17)11-13(16)12-18-15-6-4-3-5-7-15/h1,3-9,11,18H,10,12H2. The van der Waals surface area contributed by atoms with E-state index in [1.165, 1.54) is 0 Å². The van der Waals surface area contributed by atoms with Gasteiger partial charge in [-0.05, 0) is 30.3 Å². The summed E-state index contributed by atoms with van der Waals surface area (Å²) in [7, 11) is 0. The van der Waals surface area contributed by atoms with Gasteiger partial charge in [-0.3, -0.25) is 0 Å². The van der Waals surface area contributed by atoms with E-state index in [0.717, 1.165) is 21.5 Å². The Morgan fingerprint density at radius 2 is 1.95 bits per heavy atom. The first kappa shape index (κ1) is 13.5. The highest BCUT2D eigenvalue weighted by molar-refractivity contribution is 9.10. The van der Waals surface area contributed by atoms with Crippen molar-refractivity contribution in [2.75, 3.05) is 11.9 Å². The summed E-state index contributed by atoms with van der Waals surface area (Å²) in [5.74, 6) is 3.29. The van der Waals surface area contributed by atoms with E-state index in [2.05, 4.69) is 27.2 Å². The van der Waals surface area contributed by atoms with E-state index in [1.807, 2.05) is 48.5 Å². The molecule has 0 radical (unpaired) electrons. The lowest BCUT2D eigenvalue weighted by atomic mass is 10.2. The fourth-order valence-corrected chi connectivity index (χ4v) is 2.11. The third-order valence-corrected chi connectivity index (χ3v) is 3.08. The Morgan fingerprint density at radius 3 is 2.68 bits per heavy atom. The zero-order chi connectivity index (χ0) is 13.5. The molecular weight excluding hydrogens is 302 g/mol. The Balaban J connectivity index is 2.10. The van der Waals surface area contributed by atoms with Gasteiger partial charge in [0, 0.05) is 22.3 Å². The molecule has 2 aromatic rings. The number of hydrogen-bond donors (Lipinski definition) is 1. The summed E-state index contributed by atoms with van der Waals surface area (Å²) in [6.07, 6.45) is 5.22. The van der Waals surface area contributed by atoms with E-state index < -0.39 is 0 Å². The molecule has 0 aliphatic carbocycles. The largest absolute Gasteiger partial charge is 0.481 e. The normalized spacial score (nSPS) is 9.68. The van der Waals surface area contributed by atoms with Crippen LogP contribution in [0.4, 0.5) is 5.69 Å². The molecule has 0 aliphatic rings. The molecule has 0 aromatic heterocycles. The Morgan fingerprint density at radius 1 is 1.16 bits per heavy atom. The lowest BCUT2D eigenvalue weighted by Crippen LogP contribution is -2.03. The highest BCUT2D eigenvalue weighted by Crippen LogP contribution is 2.24. The van der Waals surface area contributed by atoms with Crippen LogP contribution in [0.15, 0.2) is 53.0 Å². The third kappa shape index (κ3) is 4.04. The maximum Gasteiger partial charge on any atom is 0.148 e. The van der Waals surface area contributed by atoms with Gasteiger partial charge in [-0.1, -0.05) is 40.0 Å². The topological polar surface area (TPSA) is 21.3 Å². The van der Waals surface area contributed by atoms with Crippen molar-refractivity contribution in [2.45, 2.75) is 6.54 Å². The minimum atomic E-state index is 0.278. The first-order chi connectivity index (χ1) is 9.29. The fourth-order valence-electron chi connectivity index (χ4n) is 1.70. The van der Waals surface area contributed by atoms with Crippen molar-refractivity contribution in [1.82, 2.24) is 0 Å². The van der Waals surface area contributed by atoms with E-state index >= 15 is 0 Å². The Kier molecular flexibility index (Phi) is 4.88. The predicted octanol–water partition coefficient (Wildman–Crippen LogP) is 4.07. The minimum Gasteiger partial charge on any atom is -0.481 e. The summed E-state index contributed by atoms with van der Waals surface area (Å²) in [6.45, 7) is 0.962. The van der Waals surface area contributed by atoms with E-state index in [1.54, 1.807) is 0 Å². The molecule has 2 nitrogen and oxygen atoms in total. The lowest BCUT2D eigenvalue weighted by Gasteiger charge is -2.12. The predicted molar refractivity (Wildman–Crippen MR) is 82.2 cm³/mol. The zero-order valence-electron chi connectivity index (χ0n) is 10.4. The summed E-state index contributed by atoms with van der Waals surface area (Å²) in [5, 5.41) is 3.35. The molecule has 0 unspecified atom stereocenters. The molecule has 3 heteroatoms. The van der Waals surface area contributed by atoms with Crippen molar-refractivity contribution in [2.24, 2.45) is 0 Å². The molecule has 2 aromatic carbocycles. The molecule has 0 aliphatic heterocycles. The van der Waals surface area contributed by atoms with Crippen LogP contribution in [0.3, 0.4) is 0 Å². The van der Waals surface area contributed by atoms with Gasteiger partial charge in [-0.25, -0.2) is 0 Å². The number of halogens is 1. The monoisotopic (exact) mass is 315 g/mol. The molecule has 19 heavy (non-hydrogen) atoms. The fraction of sp³-hybridized carbons (Fsp3) is 0.125. The van der Waals surface area contributed by atoms with Crippen LogP contribution in [-0.4, -0.2) is 6.61 Å². The number of rotatable bonds is 5. The van der Waals surface area contributed by atoms with Gasteiger partial charge in [0.05, 0.1) is 0 Å². The Hall–Kier alpha value is -1.92. The van der Waals surface area contributed by atoms with Crippen LogP contribution in [-0.2, 0) is 6.54 Å². The van der Waals surface area contributed by atoms with E-state index in [-0.39, 0.29) is 6.61 Å². The van der Waals surface area contributed by atoms with Crippen molar-refractivity contribution in [3.05, 3.63) is 58.6 Å². The Bertz CT molecular complexity index is 575. The van der Waals surface area contributed by atoms with Crippen LogP contribution in [0.5, 0.6) is 5.75 Å². The molecule has 0 spiro atoms. The second-order valence-corrected chi connectivity index (χ2v) is 4.88. The molecule has 96 valence electrons. The minimum absolute atomic E-state index is 0.278. The van der Waals surface area contributed by atoms with Crippen molar-refractivity contribution in [3.8, 4) is 18.1 Å². The number of nitrogens with one attached hydrogen (secondary N) is 1. The maximum absolute atomic E-state index is 5.53. The molecular formula is C16H14BrNO. The zero-order valence-corrected chi connectivity index (χ0v) is 12.0. The smallest absolute Gasteiger partial charge is 0.148 e. The molecule has 1 N–H and O–H groups in total.